The molecule has 0 radical (unpaired) electrons. The van der Waals surface area contributed by atoms with Crippen molar-refractivity contribution in [3.8, 4) is 17.2 Å². The van der Waals surface area contributed by atoms with Crippen LogP contribution in [0.25, 0.3) is 0 Å². The van der Waals surface area contributed by atoms with Crippen molar-refractivity contribution in [1.82, 2.24) is 5.32 Å². The van der Waals surface area contributed by atoms with Crippen LogP contribution in [-0.4, -0.2) is 30.8 Å². The number of hydrogen-bond acceptors (Lipinski definition) is 4. The molecule has 130 valence electrons. The zero-order valence-corrected chi connectivity index (χ0v) is 14.4. The first-order chi connectivity index (χ1) is 12.0. The summed E-state index contributed by atoms with van der Waals surface area (Å²) in [5.41, 5.74) is 1.37. The van der Waals surface area contributed by atoms with E-state index >= 15 is 0 Å². The van der Waals surface area contributed by atoms with E-state index in [9.17, 15) is 4.79 Å². The van der Waals surface area contributed by atoms with Gasteiger partial charge in [-0.1, -0.05) is 24.3 Å². The van der Waals surface area contributed by atoms with Crippen molar-refractivity contribution in [2.24, 2.45) is 0 Å². The molecule has 0 saturated carbocycles. The second kappa shape index (κ2) is 5.99. The normalized spacial score (nSPS) is 19.7. The van der Waals surface area contributed by atoms with Crippen molar-refractivity contribution in [2.75, 3.05) is 13.2 Å². The van der Waals surface area contributed by atoms with Crippen LogP contribution in [0.4, 0.5) is 0 Å². The first kappa shape index (κ1) is 15.8. The number of fused-ring (bicyclic) bond motifs is 2. The van der Waals surface area contributed by atoms with Gasteiger partial charge in [0.05, 0.1) is 12.1 Å². The first-order valence-corrected chi connectivity index (χ1v) is 8.49. The molecule has 0 aromatic heterocycles. The third kappa shape index (κ3) is 3.14. The van der Waals surface area contributed by atoms with E-state index in [1.807, 2.05) is 50.2 Å². The van der Waals surface area contributed by atoms with Crippen LogP contribution in [0.1, 0.15) is 29.8 Å². The highest BCUT2D eigenvalue weighted by molar-refractivity contribution is 5.97. The highest BCUT2D eigenvalue weighted by Gasteiger charge is 2.33. The van der Waals surface area contributed by atoms with Gasteiger partial charge in [0.1, 0.15) is 24.1 Å². The minimum atomic E-state index is -0.275. The Morgan fingerprint density at radius 1 is 1.16 bits per heavy atom. The number of hydrogen-bond donors (Lipinski definition) is 1. The minimum Gasteiger partial charge on any atom is -0.486 e. The van der Waals surface area contributed by atoms with Gasteiger partial charge in [-0.25, -0.2) is 0 Å². The molecule has 1 amide bonds. The van der Waals surface area contributed by atoms with Gasteiger partial charge in [0, 0.05) is 6.42 Å². The Hall–Kier alpha value is -2.69. The summed E-state index contributed by atoms with van der Waals surface area (Å²) in [5, 5.41) is 2.93. The molecule has 2 aliphatic heterocycles. The fourth-order valence-electron chi connectivity index (χ4n) is 3.26. The van der Waals surface area contributed by atoms with Gasteiger partial charge in [0.2, 0.25) is 0 Å². The van der Waals surface area contributed by atoms with Gasteiger partial charge in [-0.15, -0.1) is 0 Å². The molecule has 4 rings (SSSR count). The Labute approximate surface area is 146 Å². The molecule has 2 heterocycles. The standard InChI is InChI=1S/C20H21NO4/c1-20(2)10-13-6-5-7-15(18(13)25-20)19(22)21-11-14-12-23-16-8-3-4-9-17(16)24-14/h3-9,14H,10-12H2,1-2H3,(H,21,22). The Morgan fingerprint density at radius 2 is 1.96 bits per heavy atom. The van der Waals surface area contributed by atoms with Crippen LogP contribution in [0, 0.1) is 0 Å². The molecule has 0 spiro atoms. The quantitative estimate of drug-likeness (QED) is 0.934. The van der Waals surface area contributed by atoms with E-state index < -0.39 is 0 Å². The Bertz CT molecular complexity index is 815. The largest absolute Gasteiger partial charge is 0.486 e. The van der Waals surface area contributed by atoms with Gasteiger partial charge in [0.15, 0.2) is 11.5 Å². The zero-order valence-electron chi connectivity index (χ0n) is 14.4. The summed E-state index contributed by atoms with van der Waals surface area (Å²) in [6.07, 6.45) is 0.591. The molecule has 5 heteroatoms. The lowest BCUT2D eigenvalue weighted by Gasteiger charge is -2.26. The van der Waals surface area contributed by atoms with Crippen molar-refractivity contribution < 1.29 is 19.0 Å². The molecule has 0 fully saturated rings. The topological polar surface area (TPSA) is 56.8 Å². The number of benzene rings is 2. The van der Waals surface area contributed by atoms with E-state index in [0.717, 1.165) is 17.7 Å². The van der Waals surface area contributed by atoms with Crippen LogP contribution in [-0.2, 0) is 6.42 Å². The highest BCUT2D eigenvalue weighted by atomic mass is 16.6. The van der Waals surface area contributed by atoms with Gasteiger partial charge in [-0.05, 0) is 37.6 Å². The van der Waals surface area contributed by atoms with E-state index in [1.165, 1.54) is 0 Å². The summed E-state index contributed by atoms with van der Waals surface area (Å²) in [4.78, 5) is 12.6. The molecule has 5 nitrogen and oxygen atoms in total. The van der Waals surface area contributed by atoms with E-state index in [0.29, 0.717) is 30.2 Å². The molecule has 1 unspecified atom stereocenters. The number of carbonyl (C=O) groups is 1. The molecule has 2 aromatic rings. The monoisotopic (exact) mass is 339 g/mol. The number of para-hydroxylation sites is 3. The van der Waals surface area contributed by atoms with Crippen LogP contribution in [0.15, 0.2) is 42.5 Å². The van der Waals surface area contributed by atoms with E-state index in [1.54, 1.807) is 6.07 Å². The van der Waals surface area contributed by atoms with Gasteiger partial charge >= 0.3 is 0 Å². The molecule has 2 aromatic carbocycles. The van der Waals surface area contributed by atoms with Crippen molar-refractivity contribution in [3.05, 3.63) is 53.6 Å². The summed E-state index contributed by atoms with van der Waals surface area (Å²) in [7, 11) is 0. The van der Waals surface area contributed by atoms with Crippen LogP contribution in [0.2, 0.25) is 0 Å². The van der Waals surface area contributed by atoms with Crippen LogP contribution >= 0.6 is 0 Å². The van der Waals surface area contributed by atoms with E-state index in [4.69, 9.17) is 14.2 Å². The van der Waals surface area contributed by atoms with Crippen LogP contribution < -0.4 is 19.5 Å². The van der Waals surface area contributed by atoms with Crippen LogP contribution in [0.5, 0.6) is 17.2 Å². The molecule has 25 heavy (non-hydrogen) atoms. The first-order valence-electron chi connectivity index (χ1n) is 8.49. The highest BCUT2D eigenvalue weighted by Crippen LogP contribution is 2.37. The predicted octanol–water partition coefficient (Wildman–Crippen LogP) is 2.97. The molecule has 2 aliphatic rings. The molecule has 0 saturated heterocycles. The average molecular weight is 339 g/mol. The molecule has 1 atom stereocenters. The molecule has 0 aliphatic carbocycles. The zero-order chi connectivity index (χ0) is 17.4. The predicted molar refractivity (Wildman–Crippen MR) is 93.5 cm³/mol. The number of amides is 1. The summed E-state index contributed by atoms with van der Waals surface area (Å²) < 4.78 is 17.5. The maximum Gasteiger partial charge on any atom is 0.255 e. The molecular formula is C20H21NO4. The van der Waals surface area contributed by atoms with Crippen molar-refractivity contribution in [3.63, 3.8) is 0 Å². The molecule has 0 bridgehead atoms. The molecular weight excluding hydrogens is 318 g/mol. The van der Waals surface area contributed by atoms with Crippen molar-refractivity contribution in [1.29, 1.82) is 0 Å². The fraction of sp³-hybridized carbons (Fsp3) is 0.350. The second-order valence-electron chi connectivity index (χ2n) is 7.04. The van der Waals surface area contributed by atoms with Gasteiger partial charge in [-0.3, -0.25) is 4.79 Å². The number of ether oxygens (including phenoxy) is 3. The lowest BCUT2D eigenvalue weighted by molar-refractivity contribution is 0.0783. The number of carbonyl (C=O) groups excluding carboxylic acids is 1. The summed E-state index contributed by atoms with van der Waals surface area (Å²) in [5.74, 6) is 1.98. The third-order valence-corrected chi connectivity index (χ3v) is 4.39. The minimum absolute atomic E-state index is 0.156. The summed E-state index contributed by atoms with van der Waals surface area (Å²) in [6.45, 7) is 4.84. The van der Waals surface area contributed by atoms with Crippen molar-refractivity contribution >= 4 is 5.91 Å². The lowest BCUT2D eigenvalue weighted by atomic mass is 10.0. The SMILES string of the molecule is CC1(C)Cc2cccc(C(=O)NCC3COc4ccccc4O3)c2O1. The van der Waals surface area contributed by atoms with E-state index in [2.05, 4.69) is 5.32 Å². The molecule has 1 N–H and O–H groups in total. The Kier molecular flexibility index (Phi) is 3.79. The number of nitrogens with one attached hydrogen (secondary N) is 1. The van der Waals surface area contributed by atoms with Gasteiger partial charge in [-0.2, -0.15) is 0 Å². The lowest BCUT2D eigenvalue weighted by Crippen LogP contribution is -2.40. The van der Waals surface area contributed by atoms with Crippen LogP contribution in [0.3, 0.4) is 0 Å². The third-order valence-electron chi connectivity index (χ3n) is 4.39. The number of rotatable bonds is 3. The second-order valence-corrected chi connectivity index (χ2v) is 7.04. The van der Waals surface area contributed by atoms with Gasteiger partial charge < -0.3 is 19.5 Å². The van der Waals surface area contributed by atoms with Gasteiger partial charge in [0.25, 0.3) is 5.91 Å². The summed E-state index contributed by atoms with van der Waals surface area (Å²) in [6, 6.07) is 13.2. The smallest absolute Gasteiger partial charge is 0.255 e. The van der Waals surface area contributed by atoms with E-state index in [-0.39, 0.29) is 17.6 Å². The Balaban J connectivity index is 1.42. The fourth-order valence-corrected chi connectivity index (χ4v) is 3.26. The van der Waals surface area contributed by atoms with Crippen molar-refractivity contribution in [2.45, 2.75) is 32.0 Å². The maximum atomic E-state index is 12.6. The average Bonchev–Trinajstić information content (AvgIpc) is 2.93. The summed E-state index contributed by atoms with van der Waals surface area (Å²) >= 11 is 0. The maximum absolute atomic E-state index is 12.6. The Morgan fingerprint density at radius 3 is 2.80 bits per heavy atom.